The van der Waals surface area contributed by atoms with Crippen LogP contribution < -0.4 is 10.1 Å². The third-order valence-corrected chi connectivity index (χ3v) is 4.06. The number of ether oxygens (including phenoxy) is 1. The highest BCUT2D eigenvalue weighted by Gasteiger charge is 2.29. The monoisotopic (exact) mass is 338 g/mol. The Morgan fingerprint density at radius 2 is 2.12 bits per heavy atom. The lowest BCUT2D eigenvalue weighted by Crippen LogP contribution is -2.29. The second kappa shape index (κ2) is 6.35. The van der Waals surface area contributed by atoms with Gasteiger partial charge in [0.15, 0.2) is 0 Å². The Balaban J connectivity index is 1.63. The molecular weight excluding hydrogens is 323 g/mol. The summed E-state index contributed by atoms with van der Waals surface area (Å²) in [6.07, 6.45) is 1.65. The van der Waals surface area contributed by atoms with Crippen LogP contribution in [0.3, 0.4) is 0 Å². The van der Waals surface area contributed by atoms with Gasteiger partial charge >= 0.3 is 0 Å². The van der Waals surface area contributed by atoms with Crippen molar-refractivity contribution < 1.29 is 13.9 Å². The van der Waals surface area contributed by atoms with E-state index < -0.39 is 0 Å². The number of hydrogen-bond acceptors (Lipinski definition) is 4. The predicted molar refractivity (Wildman–Crippen MR) is 88.6 cm³/mol. The number of nitrogens with zero attached hydrogens (tertiary/aromatic N) is 3. The molecule has 1 aliphatic rings. The maximum Gasteiger partial charge on any atom is 0.229 e. The molecule has 126 valence electrons. The van der Waals surface area contributed by atoms with E-state index in [-0.39, 0.29) is 30.8 Å². The van der Waals surface area contributed by atoms with Crippen LogP contribution in [0.25, 0.3) is 0 Å². The van der Waals surface area contributed by atoms with Crippen molar-refractivity contribution in [2.24, 2.45) is 0 Å². The van der Waals surface area contributed by atoms with Crippen molar-refractivity contribution in [1.82, 2.24) is 14.8 Å². The summed E-state index contributed by atoms with van der Waals surface area (Å²) in [5.74, 6) is 0.630. The van der Waals surface area contributed by atoms with E-state index >= 15 is 0 Å². The zero-order valence-electron chi connectivity index (χ0n) is 13.2. The van der Waals surface area contributed by atoms with Crippen LogP contribution in [0.1, 0.15) is 23.6 Å². The number of amides is 1. The summed E-state index contributed by atoms with van der Waals surface area (Å²) in [6, 6.07) is 13.4. The van der Waals surface area contributed by atoms with Crippen molar-refractivity contribution in [3.63, 3.8) is 0 Å². The van der Waals surface area contributed by atoms with Crippen LogP contribution in [-0.2, 0) is 11.4 Å². The minimum atomic E-state index is -0.300. The Hall–Kier alpha value is -3.22. The van der Waals surface area contributed by atoms with Crippen LogP contribution in [0.15, 0.2) is 54.9 Å². The number of nitrogens with one attached hydrogen (secondary N) is 1. The van der Waals surface area contributed by atoms with Gasteiger partial charge in [-0.2, -0.15) is 10.1 Å². The highest BCUT2D eigenvalue weighted by Crippen LogP contribution is 2.34. The van der Waals surface area contributed by atoms with E-state index in [1.807, 2.05) is 24.3 Å². The molecule has 0 spiro atoms. The second-order valence-electron chi connectivity index (χ2n) is 5.75. The SMILES string of the molecule is O=C1C[C@H](c2ccccc2OCc2cccc(F)c2)n2ncnc2N1. The topological polar surface area (TPSA) is 69.0 Å². The van der Waals surface area contributed by atoms with Gasteiger partial charge in [0.05, 0.1) is 12.5 Å². The zero-order chi connectivity index (χ0) is 17.2. The van der Waals surface area contributed by atoms with Crippen molar-refractivity contribution in [3.05, 3.63) is 71.8 Å². The van der Waals surface area contributed by atoms with Crippen molar-refractivity contribution >= 4 is 11.9 Å². The number of aromatic nitrogens is 3. The molecule has 0 saturated heterocycles. The molecule has 6 nitrogen and oxygen atoms in total. The molecule has 7 heteroatoms. The van der Waals surface area contributed by atoms with E-state index in [0.717, 1.165) is 11.1 Å². The van der Waals surface area contributed by atoms with Crippen LogP contribution in [0.2, 0.25) is 0 Å². The molecule has 1 amide bonds. The third-order valence-electron chi connectivity index (χ3n) is 4.06. The minimum Gasteiger partial charge on any atom is -0.489 e. The highest BCUT2D eigenvalue weighted by atomic mass is 19.1. The van der Waals surface area contributed by atoms with E-state index in [0.29, 0.717) is 11.7 Å². The summed E-state index contributed by atoms with van der Waals surface area (Å²) >= 11 is 0. The molecule has 2 heterocycles. The normalized spacial score (nSPS) is 16.2. The van der Waals surface area contributed by atoms with Gasteiger partial charge in [0.1, 0.15) is 24.5 Å². The zero-order valence-corrected chi connectivity index (χ0v) is 13.2. The number of para-hydroxylation sites is 1. The lowest BCUT2D eigenvalue weighted by Gasteiger charge is -2.25. The highest BCUT2D eigenvalue weighted by molar-refractivity contribution is 5.91. The first-order chi connectivity index (χ1) is 12.2. The first-order valence-electron chi connectivity index (χ1n) is 7.86. The molecule has 4 rings (SSSR count). The Kier molecular flexibility index (Phi) is 3.89. The van der Waals surface area contributed by atoms with Gasteiger partial charge in [-0.1, -0.05) is 30.3 Å². The lowest BCUT2D eigenvalue weighted by molar-refractivity contribution is -0.117. The van der Waals surface area contributed by atoms with E-state index in [9.17, 15) is 9.18 Å². The summed E-state index contributed by atoms with van der Waals surface area (Å²) in [4.78, 5) is 16.0. The van der Waals surface area contributed by atoms with Gasteiger partial charge in [-0.3, -0.25) is 10.1 Å². The van der Waals surface area contributed by atoms with Crippen LogP contribution in [0, 0.1) is 5.82 Å². The molecular formula is C18H15FN4O2. The first kappa shape index (κ1) is 15.3. The van der Waals surface area contributed by atoms with Crippen molar-refractivity contribution in [2.45, 2.75) is 19.1 Å². The fourth-order valence-electron chi connectivity index (χ4n) is 2.92. The number of rotatable bonds is 4. The summed E-state index contributed by atoms with van der Waals surface area (Å²) < 4.78 is 20.9. The number of fused-ring (bicyclic) bond motifs is 1. The number of hydrogen-bond donors (Lipinski definition) is 1. The second-order valence-corrected chi connectivity index (χ2v) is 5.75. The number of halogens is 1. The smallest absolute Gasteiger partial charge is 0.229 e. The van der Waals surface area contributed by atoms with E-state index in [1.165, 1.54) is 18.5 Å². The van der Waals surface area contributed by atoms with Crippen LogP contribution in [0.4, 0.5) is 10.3 Å². The largest absolute Gasteiger partial charge is 0.489 e. The standard InChI is InChI=1S/C18H15FN4O2/c19-13-5-3-4-12(8-13)10-25-16-7-2-1-6-14(16)15-9-17(24)22-18-20-11-21-23(15)18/h1-8,11,15H,9-10H2,(H,20,21,22,24)/t15-/m1/s1. The summed E-state index contributed by atoms with van der Waals surface area (Å²) in [5.41, 5.74) is 1.57. The Bertz CT molecular complexity index is 925. The molecule has 0 bridgehead atoms. The number of benzene rings is 2. The van der Waals surface area contributed by atoms with Gasteiger partial charge in [-0.15, -0.1) is 0 Å². The van der Waals surface area contributed by atoms with E-state index in [4.69, 9.17) is 4.74 Å². The van der Waals surface area contributed by atoms with Gasteiger partial charge in [0.25, 0.3) is 0 Å². The van der Waals surface area contributed by atoms with E-state index in [2.05, 4.69) is 15.4 Å². The maximum absolute atomic E-state index is 13.3. The summed E-state index contributed by atoms with van der Waals surface area (Å²) in [7, 11) is 0. The molecule has 25 heavy (non-hydrogen) atoms. The molecule has 1 atom stereocenters. The molecule has 1 aliphatic heterocycles. The lowest BCUT2D eigenvalue weighted by atomic mass is 10.0. The Morgan fingerprint density at radius 1 is 1.24 bits per heavy atom. The van der Waals surface area contributed by atoms with Gasteiger partial charge in [0.2, 0.25) is 11.9 Å². The summed E-state index contributed by atoms with van der Waals surface area (Å²) in [5, 5.41) is 6.90. The first-order valence-corrected chi connectivity index (χ1v) is 7.86. The molecule has 0 radical (unpaired) electrons. The predicted octanol–water partition coefficient (Wildman–Crippen LogP) is 2.93. The van der Waals surface area contributed by atoms with Crippen LogP contribution in [-0.4, -0.2) is 20.7 Å². The average molecular weight is 338 g/mol. The molecule has 0 unspecified atom stereocenters. The van der Waals surface area contributed by atoms with Crippen molar-refractivity contribution in [3.8, 4) is 5.75 Å². The molecule has 0 fully saturated rings. The molecule has 0 aliphatic carbocycles. The van der Waals surface area contributed by atoms with Crippen molar-refractivity contribution in [2.75, 3.05) is 5.32 Å². The fraction of sp³-hybridized carbons (Fsp3) is 0.167. The maximum atomic E-state index is 13.3. The quantitative estimate of drug-likeness (QED) is 0.794. The number of anilines is 1. The number of carbonyl (C=O) groups excluding carboxylic acids is 1. The molecule has 3 aromatic rings. The fourth-order valence-corrected chi connectivity index (χ4v) is 2.92. The third kappa shape index (κ3) is 3.08. The molecule has 1 N–H and O–H groups in total. The Morgan fingerprint density at radius 3 is 3.00 bits per heavy atom. The van der Waals surface area contributed by atoms with Crippen molar-refractivity contribution in [1.29, 1.82) is 0 Å². The molecule has 1 aromatic heterocycles. The van der Waals surface area contributed by atoms with Crippen LogP contribution >= 0.6 is 0 Å². The van der Waals surface area contributed by atoms with Gasteiger partial charge in [0, 0.05) is 5.56 Å². The van der Waals surface area contributed by atoms with Gasteiger partial charge in [-0.05, 0) is 23.8 Å². The molecule has 2 aromatic carbocycles. The van der Waals surface area contributed by atoms with Gasteiger partial charge < -0.3 is 4.74 Å². The Labute approximate surface area is 143 Å². The minimum absolute atomic E-state index is 0.120. The van der Waals surface area contributed by atoms with Crippen LogP contribution in [0.5, 0.6) is 5.75 Å². The van der Waals surface area contributed by atoms with E-state index in [1.54, 1.807) is 16.8 Å². The number of carbonyl (C=O) groups is 1. The molecule has 0 saturated carbocycles. The van der Waals surface area contributed by atoms with Gasteiger partial charge in [-0.25, -0.2) is 9.07 Å². The summed E-state index contributed by atoms with van der Waals surface area (Å²) in [6.45, 7) is 0.234. The average Bonchev–Trinajstić information content (AvgIpc) is 3.08.